The Morgan fingerprint density at radius 2 is 1.96 bits per heavy atom. The lowest BCUT2D eigenvalue weighted by Gasteiger charge is -2.07. The average molecular weight is 377 g/mol. The predicted octanol–water partition coefficient (Wildman–Crippen LogP) is 2.91. The summed E-state index contributed by atoms with van der Waals surface area (Å²) in [5.41, 5.74) is 1.00. The molecule has 8 heteroatoms. The summed E-state index contributed by atoms with van der Waals surface area (Å²) in [7, 11) is -3.28. The van der Waals surface area contributed by atoms with E-state index in [-0.39, 0.29) is 11.7 Å². The van der Waals surface area contributed by atoms with Gasteiger partial charge in [0.05, 0.1) is 11.3 Å². The molecular formula is C17H19N3O3S2. The van der Waals surface area contributed by atoms with Crippen molar-refractivity contribution in [2.24, 2.45) is 0 Å². The fraction of sp³-hybridized carbons (Fsp3) is 0.176. The van der Waals surface area contributed by atoms with Gasteiger partial charge in [0, 0.05) is 23.3 Å². The first-order valence-corrected chi connectivity index (χ1v) is 10.0. The van der Waals surface area contributed by atoms with Crippen LogP contribution in [0.5, 0.6) is 0 Å². The topological polar surface area (TPSA) is 88.2 Å². The van der Waals surface area contributed by atoms with Crippen LogP contribution in [-0.4, -0.2) is 31.6 Å². The number of pyridine rings is 1. The maximum absolute atomic E-state index is 11.8. The Labute approximate surface area is 151 Å². The molecule has 0 fully saturated rings. The summed E-state index contributed by atoms with van der Waals surface area (Å²) in [6, 6.07) is 10.5. The molecule has 1 heterocycles. The number of sulfonamides is 1. The molecular weight excluding hydrogens is 358 g/mol. The summed E-state index contributed by atoms with van der Waals surface area (Å²) in [5.74, 6) is -0.170. The fourth-order valence-electron chi connectivity index (χ4n) is 1.81. The van der Waals surface area contributed by atoms with Gasteiger partial charge in [-0.25, -0.2) is 13.4 Å². The van der Waals surface area contributed by atoms with E-state index in [4.69, 9.17) is 0 Å². The standard InChI is InChI=1S/C17H19N3O3S2/c1-3-11-18-17(21)13-5-10-16(19-12-13)24-15-8-6-14(7-9-15)20-25(22,23)4-2/h3,5-10,12,20H,1,4,11H2,2H3,(H,18,21). The quantitative estimate of drug-likeness (QED) is 0.691. The van der Waals surface area contributed by atoms with E-state index >= 15 is 0 Å². The van der Waals surface area contributed by atoms with Crippen molar-refractivity contribution in [1.82, 2.24) is 10.3 Å². The summed E-state index contributed by atoms with van der Waals surface area (Å²) in [5, 5.41) is 3.43. The van der Waals surface area contributed by atoms with Crippen molar-refractivity contribution in [2.45, 2.75) is 16.8 Å². The van der Waals surface area contributed by atoms with Crippen LogP contribution in [0.15, 0.2) is 65.2 Å². The zero-order valence-corrected chi connectivity index (χ0v) is 15.4. The minimum Gasteiger partial charge on any atom is -0.349 e. The molecule has 1 aromatic heterocycles. The molecule has 6 nitrogen and oxygen atoms in total. The first-order chi connectivity index (χ1) is 11.9. The van der Waals surface area contributed by atoms with E-state index in [2.05, 4.69) is 21.6 Å². The molecule has 1 aromatic carbocycles. The zero-order chi connectivity index (χ0) is 18.3. The van der Waals surface area contributed by atoms with Gasteiger partial charge in [0.1, 0.15) is 5.03 Å². The molecule has 0 saturated heterocycles. The maximum Gasteiger partial charge on any atom is 0.253 e. The van der Waals surface area contributed by atoms with Gasteiger partial charge >= 0.3 is 0 Å². The van der Waals surface area contributed by atoms with E-state index in [1.54, 1.807) is 37.3 Å². The van der Waals surface area contributed by atoms with Gasteiger partial charge < -0.3 is 5.32 Å². The molecule has 0 radical (unpaired) electrons. The number of nitrogens with one attached hydrogen (secondary N) is 2. The van der Waals surface area contributed by atoms with Crippen LogP contribution in [-0.2, 0) is 10.0 Å². The molecule has 0 spiro atoms. The van der Waals surface area contributed by atoms with Gasteiger partial charge in [-0.2, -0.15) is 0 Å². The van der Waals surface area contributed by atoms with E-state index in [0.29, 0.717) is 17.8 Å². The fourth-order valence-corrected chi connectivity index (χ4v) is 3.20. The number of benzene rings is 1. The second-order valence-corrected chi connectivity index (χ2v) is 8.12. The highest BCUT2D eigenvalue weighted by atomic mass is 32.2. The second kappa shape index (κ2) is 8.68. The van der Waals surface area contributed by atoms with Crippen molar-refractivity contribution in [1.29, 1.82) is 0 Å². The maximum atomic E-state index is 11.8. The normalized spacial score (nSPS) is 10.9. The number of carbonyl (C=O) groups is 1. The third-order valence-corrected chi connectivity index (χ3v) is 5.40. The van der Waals surface area contributed by atoms with E-state index in [1.165, 1.54) is 18.0 Å². The minimum atomic E-state index is -3.28. The van der Waals surface area contributed by atoms with Gasteiger partial charge in [0.15, 0.2) is 0 Å². The molecule has 0 unspecified atom stereocenters. The monoisotopic (exact) mass is 377 g/mol. The summed E-state index contributed by atoms with van der Waals surface area (Å²) in [6.45, 7) is 5.54. The Kier molecular flexibility index (Phi) is 6.60. The highest BCUT2D eigenvalue weighted by Gasteiger charge is 2.08. The van der Waals surface area contributed by atoms with Gasteiger partial charge in [0.2, 0.25) is 10.0 Å². The zero-order valence-electron chi connectivity index (χ0n) is 13.7. The number of aromatic nitrogens is 1. The molecule has 2 N–H and O–H groups in total. The summed E-state index contributed by atoms with van der Waals surface area (Å²) >= 11 is 1.42. The summed E-state index contributed by atoms with van der Waals surface area (Å²) < 4.78 is 25.6. The van der Waals surface area contributed by atoms with E-state index < -0.39 is 10.0 Å². The van der Waals surface area contributed by atoms with Crippen molar-refractivity contribution in [3.8, 4) is 0 Å². The Bertz CT molecular complexity index is 832. The van der Waals surface area contributed by atoms with E-state index in [9.17, 15) is 13.2 Å². The highest BCUT2D eigenvalue weighted by molar-refractivity contribution is 7.99. The van der Waals surface area contributed by atoms with Crippen molar-refractivity contribution in [3.05, 3.63) is 60.8 Å². The van der Waals surface area contributed by atoms with Crippen LogP contribution in [0.1, 0.15) is 17.3 Å². The lowest BCUT2D eigenvalue weighted by molar-refractivity contribution is 0.0957. The first-order valence-electron chi connectivity index (χ1n) is 7.57. The Morgan fingerprint density at radius 3 is 2.52 bits per heavy atom. The molecule has 132 valence electrons. The molecule has 0 aliphatic heterocycles. The van der Waals surface area contributed by atoms with Crippen LogP contribution in [0.4, 0.5) is 5.69 Å². The third kappa shape index (κ3) is 5.91. The molecule has 1 amide bonds. The number of carbonyl (C=O) groups excluding carboxylic acids is 1. The van der Waals surface area contributed by atoms with Gasteiger partial charge in [-0.1, -0.05) is 17.8 Å². The Hall–Kier alpha value is -2.32. The van der Waals surface area contributed by atoms with Crippen LogP contribution < -0.4 is 10.0 Å². The van der Waals surface area contributed by atoms with Crippen LogP contribution in [0, 0.1) is 0 Å². The van der Waals surface area contributed by atoms with E-state index in [1.807, 2.05) is 12.1 Å². The van der Waals surface area contributed by atoms with Gasteiger partial charge in [-0.3, -0.25) is 9.52 Å². The highest BCUT2D eigenvalue weighted by Crippen LogP contribution is 2.27. The lowest BCUT2D eigenvalue weighted by Crippen LogP contribution is -2.23. The SMILES string of the molecule is C=CCNC(=O)c1ccc(Sc2ccc(NS(=O)(=O)CC)cc2)nc1. The van der Waals surface area contributed by atoms with E-state index in [0.717, 1.165) is 9.92 Å². The Balaban J connectivity index is 2.00. The predicted molar refractivity (Wildman–Crippen MR) is 100 cm³/mol. The number of rotatable bonds is 8. The number of nitrogens with zero attached hydrogens (tertiary/aromatic N) is 1. The van der Waals surface area contributed by atoms with Crippen molar-refractivity contribution >= 4 is 33.4 Å². The molecule has 0 aliphatic rings. The Morgan fingerprint density at radius 1 is 1.24 bits per heavy atom. The second-order valence-electron chi connectivity index (χ2n) is 5.02. The smallest absolute Gasteiger partial charge is 0.253 e. The summed E-state index contributed by atoms with van der Waals surface area (Å²) in [6.07, 6.45) is 3.13. The molecule has 0 atom stereocenters. The molecule has 0 bridgehead atoms. The largest absolute Gasteiger partial charge is 0.349 e. The molecule has 2 aromatic rings. The minimum absolute atomic E-state index is 0.0279. The van der Waals surface area contributed by atoms with Crippen molar-refractivity contribution in [2.75, 3.05) is 17.0 Å². The van der Waals surface area contributed by atoms with Crippen molar-refractivity contribution in [3.63, 3.8) is 0 Å². The number of anilines is 1. The van der Waals surface area contributed by atoms with Gasteiger partial charge in [0.25, 0.3) is 5.91 Å². The summed E-state index contributed by atoms with van der Waals surface area (Å²) in [4.78, 5) is 17.0. The van der Waals surface area contributed by atoms with Crippen LogP contribution >= 0.6 is 11.8 Å². The molecule has 0 aliphatic carbocycles. The first kappa shape index (κ1) is 19.0. The van der Waals surface area contributed by atoms with Gasteiger partial charge in [-0.05, 0) is 43.3 Å². The lowest BCUT2D eigenvalue weighted by atomic mass is 10.3. The molecule has 2 rings (SSSR count). The van der Waals surface area contributed by atoms with Crippen LogP contribution in [0.3, 0.4) is 0 Å². The molecule has 25 heavy (non-hydrogen) atoms. The van der Waals surface area contributed by atoms with Gasteiger partial charge in [-0.15, -0.1) is 6.58 Å². The number of hydrogen-bond acceptors (Lipinski definition) is 5. The van der Waals surface area contributed by atoms with Crippen LogP contribution in [0.25, 0.3) is 0 Å². The third-order valence-electron chi connectivity index (χ3n) is 3.14. The van der Waals surface area contributed by atoms with Crippen molar-refractivity contribution < 1.29 is 13.2 Å². The van der Waals surface area contributed by atoms with Crippen LogP contribution in [0.2, 0.25) is 0 Å². The molecule has 0 saturated carbocycles. The number of hydrogen-bond donors (Lipinski definition) is 2. The average Bonchev–Trinajstić information content (AvgIpc) is 2.62. The number of amides is 1.